The molecule has 0 bridgehead atoms. The van der Waals surface area contributed by atoms with Crippen LogP contribution >= 0.6 is 11.3 Å². The normalized spacial score (nSPS) is 10.3. The van der Waals surface area contributed by atoms with Crippen LogP contribution in [0.2, 0.25) is 0 Å². The zero-order chi connectivity index (χ0) is 11.4. The van der Waals surface area contributed by atoms with E-state index >= 15 is 0 Å². The number of rotatable bonds is 4. The lowest BCUT2D eigenvalue weighted by atomic mass is 10.3. The molecule has 0 amide bonds. The van der Waals surface area contributed by atoms with Crippen LogP contribution in [-0.4, -0.2) is 21.7 Å². The molecule has 0 saturated heterocycles. The maximum Gasteiger partial charge on any atom is 0.264 e. The first-order valence-electron chi connectivity index (χ1n) is 5.05. The second-order valence-electron chi connectivity index (χ2n) is 3.27. The summed E-state index contributed by atoms with van der Waals surface area (Å²) in [6, 6.07) is 3.11. The van der Waals surface area contributed by atoms with Crippen LogP contribution in [0.1, 0.15) is 13.3 Å². The van der Waals surface area contributed by atoms with Crippen LogP contribution < -0.4 is 10.9 Å². The molecule has 0 radical (unpaired) electrons. The number of hydrogen-bond donors (Lipinski definition) is 2. The zero-order valence-corrected chi connectivity index (χ0v) is 9.67. The Hall–Kier alpha value is -1.69. The van der Waals surface area contributed by atoms with Crippen molar-refractivity contribution in [2.45, 2.75) is 13.3 Å². The smallest absolute Gasteiger partial charge is 0.264 e. The first kappa shape index (κ1) is 10.8. The molecule has 2 aromatic heterocycles. The van der Waals surface area contributed by atoms with Gasteiger partial charge in [-0.15, -0.1) is 11.3 Å². The second kappa shape index (κ2) is 4.89. The molecule has 0 aromatic carbocycles. The number of hydrogen-bond acceptors (Lipinski definition) is 5. The lowest BCUT2D eigenvalue weighted by Gasteiger charge is -1.97. The van der Waals surface area contributed by atoms with Crippen LogP contribution in [0.3, 0.4) is 0 Å². The number of anilines is 1. The van der Waals surface area contributed by atoms with Crippen molar-refractivity contribution in [2.24, 2.45) is 0 Å². The lowest BCUT2D eigenvalue weighted by molar-refractivity contribution is 0.972. The fourth-order valence-electron chi connectivity index (χ4n) is 1.19. The molecule has 2 aromatic rings. The summed E-state index contributed by atoms with van der Waals surface area (Å²) in [4.78, 5) is 15.2. The summed E-state index contributed by atoms with van der Waals surface area (Å²) in [5, 5.41) is 12.3. The van der Waals surface area contributed by atoms with Gasteiger partial charge in [-0.2, -0.15) is 5.10 Å². The minimum absolute atomic E-state index is 0.205. The molecular weight excluding hydrogens is 224 g/mol. The van der Waals surface area contributed by atoms with E-state index in [-0.39, 0.29) is 5.56 Å². The molecule has 0 aliphatic heterocycles. The summed E-state index contributed by atoms with van der Waals surface area (Å²) in [5.41, 5.74) is 1.25. The fraction of sp³-hybridized carbons (Fsp3) is 0.300. The molecule has 0 unspecified atom stereocenters. The molecule has 2 rings (SSSR count). The quantitative estimate of drug-likeness (QED) is 0.848. The van der Waals surface area contributed by atoms with Crippen molar-refractivity contribution in [1.29, 1.82) is 0 Å². The van der Waals surface area contributed by atoms with Crippen LogP contribution in [0.15, 0.2) is 22.3 Å². The molecule has 0 aliphatic carbocycles. The van der Waals surface area contributed by atoms with Crippen LogP contribution in [-0.2, 0) is 0 Å². The summed E-state index contributed by atoms with van der Waals surface area (Å²) in [6.45, 7) is 3.01. The maximum atomic E-state index is 10.9. The van der Waals surface area contributed by atoms with E-state index in [0.717, 1.165) is 23.8 Å². The minimum Gasteiger partial charge on any atom is -0.362 e. The predicted molar refractivity (Wildman–Crippen MR) is 64.7 cm³/mol. The van der Waals surface area contributed by atoms with Crippen molar-refractivity contribution in [3.63, 3.8) is 0 Å². The number of aromatic amines is 1. The molecule has 2 heterocycles. The van der Waals surface area contributed by atoms with Gasteiger partial charge in [-0.3, -0.25) is 4.79 Å². The highest BCUT2D eigenvalue weighted by Gasteiger charge is 2.04. The van der Waals surface area contributed by atoms with Gasteiger partial charge in [0.15, 0.2) is 5.13 Å². The molecule has 2 N–H and O–H groups in total. The molecule has 0 spiro atoms. The fourth-order valence-corrected chi connectivity index (χ4v) is 1.92. The number of thiazole rings is 1. The van der Waals surface area contributed by atoms with E-state index in [1.165, 1.54) is 17.4 Å². The first-order chi connectivity index (χ1) is 7.79. The molecule has 0 aliphatic rings. The number of H-pyrrole nitrogens is 1. The third kappa shape index (κ3) is 2.46. The van der Waals surface area contributed by atoms with Gasteiger partial charge in [0, 0.05) is 18.0 Å². The van der Waals surface area contributed by atoms with Gasteiger partial charge in [0.2, 0.25) is 0 Å². The van der Waals surface area contributed by atoms with Gasteiger partial charge in [-0.1, -0.05) is 6.92 Å². The molecular formula is C10H12N4OS. The summed E-state index contributed by atoms with van der Waals surface area (Å²) in [7, 11) is 0. The average molecular weight is 236 g/mol. The topological polar surface area (TPSA) is 70.7 Å². The van der Waals surface area contributed by atoms with Gasteiger partial charge >= 0.3 is 0 Å². The van der Waals surface area contributed by atoms with Gasteiger partial charge < -0.3 is 5.32 Å². The van der Waals surface area contributed by atoms with Crippen LogP contribution in [0.5, 0.6) is 0 Å². The SMILES string of the molecule is CCCNc1nc(-c2ccc(=O)[nH]n2)cs1. The van der Waals surface area contributed by atoms with Crippen LogP contribution in [0.4, 0.5) is 5.13 Å². The van der Waals surface area contributed by atoms with E-state index in [0.29, 0.717) is 5.69 Å². The van der Waals surface area contributed by atoms with Crippen molar-refractivity contribution in [1.82, 2.24) is 15.2 Å². The Bertz CT molecular complexity index is 499. The highest BCUT2D eigenvalue weighted by molar-refractivity contribution is 7.14. The molecule has 5 nitrogen and oxygen atoms in total. The van der Waals surface area contributed by atoms with Gasteiger partial charge in [0.05, 0.1) is 0 Å². The predicted octanol–water partition coefficient (Wildman–Crippen LogP) is 1.72. The molecule has 16 heavy (non-hydrogen) atoms. The van der Waals surface area contributed by atoms with Crippen molar-refractivity contribution >= 4 is 16.5 Å². The van der Waals surface area contributed by atoms with Crippen molar-refractivity contribution in [3.8, 4) is 11.4 Å². The molecule has 6 heteroatoms. The van der Waals surface area contributed by atoms with Gasteiger partial charge in [-0.25, -0.2) is 10.1 Å². The summed E-state index contributed by atoms with van der Waals surface area (Å²) >= 11 is 1.53. The lowest BCUT2D eigenvalue weighted by Crippen LogP contribution is -2.05. The van der Waals surface area contributed by atoms with E-state index in [4.69, 9.17) is 0 Å². The Labute approximate surface area is 96.6 Å². The Morgan fingerprint density at radius 3 is 3.00 bits per heavy atom. The van der Waals surface area contributed by atoms with E-state index in [2.05, 4.69) is 27.4 Å². The Morgan fingerprint density at radius 1 is 1.44 bits per heavy atom. The molecule has 0 fully saturated rings. The van der Waals surface area contributed by atoms with Gasteiger partial charge in [-0.05, 0) is 12.5 Å². The van der Waals surface area contributed by atoms with Crippen molar-refractivity contribution in [3.05, 3.63) is 27.9 Å². The first-order valence-corrected chi connectivity index (χ1v) is 5.93. The number of nitrogens with one attached hydrogen (secondary N) is 2. The highest BCUT2D eigenvalue weighted by Crippen LogP contribution is 2.22. The van der Waals surface area contributed by atoms with Gasteiger partial charge in [0.1, 0.15) is 11.4 Å². The second-order valence-corrected chi connectivity index (χ2v) is 4.13. The van der Waals surface area contributed by atoms with Gasteiger partial charge in [0.25, 0.3) is 5.56 Å². The molecule has 84 valence electrons. The largest absolute Gasteiger partial charge is 0.362 e. The van der Waals surface area contributed by atoms with E-state index in [1.807, 2.05) is 5.38 Å². The monoisotopic (exact) mass is 236 g/mol. The van der Waals surface area contributed by atoms with Crippen molar-refractivity contribution < 1.29 is 0 Å². The summed E-state index contributed by atoms with van der Waals surface area (Å²) < 4.78 is 0. The standard InChI is InChI=1S/C10H12N4OS/c1-2-5-11-10-12-8(6-16-10)7-3-4-9(15)14-13-7/h3-4,6H,2,5H2,1H3,(H,11,12)(H,14,15). The third-order valence-corrected chi connectivity index (χ3v) is 2.77. The molecule has 0 atom stereocenters. The maximum absolute atomic E-state index is 10.9. The third-order valence-electron chi connectivity index (χ3n) is 1.97. The molecule has 0 saturated carbocycles. The number of nitrogens with zero attached hydrogens (tertiary/aromatic N) is 2. The van der Waals surface area contributed by atoms with Crippen LogP contribution in [0, 0.1) is 0 Å². The summed E-state index contributed by atoms with van der Waals surface area (Å²) in [6.07, 6.45) is 1.06. The Balaban J connectivity index is 2.18. The van der Waals surface area contributed by atoms with E-state index < -0.39 is 0 Å². The zero-order valence-electron chi connectivity index (χ0n) is 8.86. The van der Waals surface area contributed by atoms with Crippen molar-refractivity contribution in [2.75, 3.05) is 11.9 Å². The average Bonchev–Trinajstić information content (AvgIpc) is 2.76. The van der Waals surface area contributed by atoms with E-state index in [1.54, 1.807) is 6.07 Å². The Kier molecular flexibility index (Phi) is 3.31. The number of aromatic nitrogens is 3. The summed E-state index contributed by atoms with van der Waals surface area (Å²) in [5.74, 6) is 0. The minimum atomic E-state index is -0.205. The van der Waals surface area contributed by atoms with Crippen LogP contribution in [0.25, 0.3) is 11.4 Å². The Morgan fingerprint density at radius 2 is 2.31 bits per heavy atom. The highest BCUT2D eigenvalue weighted by atomic mass is 32.1. The van der Waals surface area contributed by atoms with E-state index in [9.17, 15) is 4.79 Å².